The van der Waals surface area contributed by atoms with Crippen LogP contribution in [0.25, 0.3) is 0 Å². The number of hydrogen-bond acceptors (Lipinski definition) is 3. The van der Waals surface area contributed by atoms with Gasteiger partial charge in [0.25, 0.3) is 5.91 Å². The molecule has 0 radical (unpaired) electrons. The van der Waals surface area contributed by atoms with Crippen LogP contribution in [0.3, 0.4) is 0 Å². The van der Waals surface area contributed by atoms with Crippen molar-refractivity contribution in [3.05, 3.63) is 64.7 Å². The lowest BCUT2D eigenvalue weighted by Crippen LogP contribution is -3.17. The molecule has 1 unspecified atom stereocenters. The maximum absolute atomic E-state index is 12.8. The third kappa shape index (κ3) is 4.19. The summed E-state index contributed by atoms with van der Waals surface area (Å²) in [7, 11) is 1.40. The first-order chi connectivity index (χ1) is 13.0. The maximum atomic E-state index is 12.8. The first-order valence-electron chi connectivity index (χ1n) is 9.41. The van der Waals surface area contributed by atoms with E-state index in [1.54, 1.807) is 0 Å². The van der Waals surface area contributed by atoms with Crippen LogP contribution in [0, 0.1) is 6.92 Å². The highest BCUT2D eigenvalue weighted by Gasteiger charge is 2.37. The van der Waals surface area contributed by atoms with Crippen molar-refractivity contribution in [2.45, 2.75) is 39.3 Å². The standard InChI is InChI=1S/C22H26N2O3/c1-4-16-11-7-8-15(2)21(16)23-20(25)14-24-13-18-10-6-5-9-17(18)12-19(24)22(26)27-3/h5-11,19H,4,12-14H2,1-3H3,(H,23,25)/p+1/t19-/m1/s1. The molecule has 2 N–H and O–H groups in total. The number of carbonyl (C=O) groups excluding carboxylic acids is 2. The van der Waals surface area contributed by atoms with Gasteiger partial charge in [-0.3, -0.25) is 4.79 Å². The Morgan fingerprint density at radius 3 is 2.59 bits per heavy atom. The van der Waals surface area contributed by atoms with E-state index in [9.17, 15) is 9.59 Å². The number of hydrogen-bond donors (Lipinski definition) is 2. The highest BCUT2D eigenvalue weighted by atomic mass is 16.5. The third-order valence-corrected chi connectivity index (χ3v) is 5.33. The molecule has 5 heteroatoms. The van der Waals surface area contributed by atoms with Crippen LogP contribution >= 0.6 is 0 Å². The van der Waals surface area contributed by atoms with Gasteiger partial charge in [-0.1, -0.05) is 49.4 Å². The number of rotatable bonds is 5. The smallest absolute Gasteiger partial charge is 0.365 e. The van der Waals surface area contributed by atoms with E-state index in [-0.39, 0.29) is 24.5 Å². The topological polar surface area (TPSA) is 59.8 Å². The van der Waals surface area contributed by atoms with Gasteiger partial charge in [-0.25, -0.2) is 4.79 Å². The van der Waals surface area contributed by atoms with Gasteiger partial charge >= 0.3 is 5.97 Å². The number of methoxy groups -OCH3 is 1. The van der Waals surface area contributed by atoms with Crippen molar-refractivity contribution in [1.82, 2.24) is 0 Å². The summed E-state index contributed by atoms with van der Waals surface area (Å²) in [6, 6.07) is 13.8. The second kappa shape index (κ2) is 8.35. The van der Waals surface area contributed by atoms with Crippen LogP contribution in [0.5, 0.6) is 0 Å². The SMILES string of the molecule is CCc1cccc(C)c1NC(=O)C[NH+]1Cc2ccccc2C[C@@H]1C(=O)OC. The fraction of sp³-hybridized carbons (Fsp3) is 0.364. The Hall–Kier alpha value is -2.66. The summed E-state index contributed by atoms with van der Waals surface area (Å²) in [6.45, 7) is 4.93. The number of aryl methyl sites for hydroxylation is 2. The number of anilines is 1. The summed E-state index contributed by atoms with van der Waals surface area (Å²) in [5, 5.41) is 3.07. The summed E-state index contributed by atoms with van der Waals surface area (Å²) < 4.78 is 5.00. The van der Waals surface area contributed by atoms with Gasteiger partial charge in [-0.15, -0.1) is 0 Å². The van der Waals surface area contributed by atoms with Gasteiger partial charge < -0.3 is 15.0 Å². The maximum Gasteiger partial charge on any atom is 0.365 e. The summed E-state index contributed by atoms with van der Waals surface area (Å²) in [5.74, 6) is -0.347. The average Bonchev–Trinajstić information content (AvgIpc) is 2.68. The minimum atomic E-state index is -0.363. The quantitative estimate of drug-likeness (QED) is 0.791. The van der Waals surface area contributed by atoms with Gasteiger partial charge in [0.15, 0.2) is 12.6 Å². The van der Waals surface area contributed by atoms with Crippen molar-refractivity contribution >= 4 is 17.6 Å². The van der Waals surface area contributed by atoms with Crippen LogP contribution in [0.1, 0.15) is 29.2 Å². The van der Waals surface area contributed by atoms with Gasteiger partial charge in [0.1, 0.15) is 6.54 Å². The molecule has 0 aliphatic carbocycles. The number of carbonyl (C=O) groups is 2. The monoisotopic (exact) mass is 367 g/mol. The number of para-hydroxylation sites is 1. The number of nitrogens with one attached hydrogen (secondary N) is 2. The van der Waals surface area contributed by atoms with Gasteiger partial charge in [0, 0.05) is 17.7 Å². The predicted molar refractivity (Wildman–Crippen MR) is 105 cm³/mol. The van der Waals surface area contributed by atoms with Crippen LogP contribution < -0.4 is 10.2 Å². The minimum Gasteiger partial charge on any atom is -0.465 e. The van der Waals surface area contributed by atoms with Gasteiger partial charge in [-0.2, -0.15) is 0 Å². The molecular formula is C22H27N2O3+. The van der Waals surface area contributed by atoms with Crippen molar-refractivity contribution < 1.29 is 19.2 Å². The third-order valence-electron chi connectivity index (χ3n) is 5.33. The molecular weight excluding hydrogens is 340 g/mol. The number of amides is 1. The predicted octanol–water partition coefficient (Wildman–Crippen LogP) is 1.68. The second-order valence-electron chi connectivity index (χ2n) is 7.07. The van der Waals surface area contributed by atoms with E-state index in [1.165, 1.54) is 12.7 Å². The van der Waals surface area contributed by atoms with Crippen LogP contribution in [-0.2, 0) is 33.7 Å². The molecule has 0 aromatic heterocycles. The van der Waals surface area contributed by atoms with E-state index in [0.717, 1.165) is 33.7 Å². The van der Waals surface area contributed by atoms with Crippen LogP contribution in [-0.4, -0.2) is 31.6 Å². The molecule has 0 fully saturated rings. The fourth-order valence-electron chi connectivity index (χ4n) is 3.83. The van der Waals surface area contributed by atoms with E-state index in [2.05, 4.69) is 18.3 Å². The molecule has 0 spiro atoms. The van der Waals surface area contributed by atoms with E-state index in [0.29, 0.717) is 13.0 Å². The Kier molecular flexibility index (Phi) is 5.91. The number of quaternary nitrogens is 1. The van der Waals surface area contributed by atoms with E-state index >= 15 is 0 Å². The summed E-state index contributed by atoms with van der Waals surface area (Å²) in [4.78, 5) is 26.0. The minimum absolute atomic E-state index is 0.0812. The van der Waals surface area contributed by atoms with E-state index in [1.807, 2.05) is 43.3 Å². The van der Waals surface area contributed by atoms with Crippen molar-refractivity contribution in [2.24, 2.45) is 0 Å². The lowest BCUT2D eigenvalue weighted by atomic mass is 9.94. The molecule has 2 aromatic rings. The molecule has 2 aromatic carbocycles. The summed E-state index contributed by atoms with van der Waals surface area (Å²) in [5.41, 5.74) is 5.39. The molecule has 1 amide bonds. The van der Waals surface area contributed by atoms with Crippen LogP contribution in [0.4, 0.5) is 5.69 Å². The van der Waals surface area contributed by atoms with Crippen molar-refractivity contribution in [3.63, 3.8) is 0 Å². The summed E-state index contributed by atoms with van der Waals surface area (Å²) in [6.07, 6.45) is 1.45. The van der Waals surface area contributed by atoms with Crippen LogP contribution in [0.15, 0.2) is 42.5 Å². The zero-order chi connectivity index (χ0) is 19.4. The molecule has 3 rings (SSSR count). The van der Waals surface area contributed by atoms with Crippen molar-refractivity contribution in [3.8, 4) is 0 Å². The molecule has 5 nitrogen and oxygen atoms in total. The number of ether oxygens (including phenoxy) is 1. The average molecular weight is 367 g/mol. The zero-order valence-corrected chi connectivity index (χ0v) is 16.2. The second-order valence-corrected chi connectivity index (χ2v) is 7.07. The zero-order valence-electron chi connectivity index (χ0n) is 16.2. The molecule has 27 heavy (non-hydrogen) atoms. The first kappa shape index (κ1) is 19.1. The van der Waals surface area contributed by atoms with Crippen LogP contribution in [0.2, 0.25) is 0 Å². The molecule has 1 aliphatic rings. The molecule has 1 aliphatic heterocycles. The number of esters is 1. The Morgan fingerprint density at radius 2 is 1.89 bits per heavy atom. The lowest BCUT2D eigenvalue weighted by Gasteiger charge is -2.31. The molecule has 0 bridgehead atoms. The van der Waals surface area contributed by atoms with E-state index in [4.69, 9.17) is 4.74 Å². The van der Waals surface area contributed by atoms with Crippen molar-refractivity contribution in [2.75, 3.05) is 19.0 Å². The number of fused-ring (bicyclic) bond motifs is 1. The molecule has 1 heterocycles. The largest absolute Gasteiger partial charge is 0.465 e. The normalized spacial score (nSPS) is 18.5. The lowest BCUT2D eigenvalue weighted by molar-refractivity contribution is -0.924. The fourth-order valence-corrected chi connectivity index (χ4v) is 3.83. The number of benzene rings is 2. The highest BCUT2D eigenvalue weighted by Crippen LogP contribution is 2.21. The molecule has 0 saturated heterocycles. The Balaban J connectivity index is 1.78. The van der Waals surface area contributed by atoms with Gasteiger partial charge in [0.05, 0.1) is 7.11 Å². The highest BCUT2D eigenvalue weighted by molar-refractivity contribution is 5.93. The molecule has 142 valence electrons. The van der Waals surface area contributed by atoms with Gasteiger partial charge in [-0.05, 0) is 30.0 Å². The van der Waals surface area contributed by atoms with Crippen molar-refractivity contribution in [1.29, 1.82) is 0 Å². The van der Waals surface area contributed by atoms with Gasteiger partial charge in [0.2, 0.25) is 0 Å². The molecule has 0 saturated carbocycles. The first-order valence-corrected chi connectivity index (χ1v) is 9.41. The Bertz CT molecular complexity index is 847. The molecule has 2 atom stereocenters. The van der Waals surface area contributed by atoms with E-state index < -0.39 is 0 Å². The summed E-state index contributed by atoms with van der Waals surface area (Å²) >= 11 is 0. The Morgan fingerprint density at radius 1 is 1.15 bits per heavy atom. The Labute approximate surface area is 160 Å².